The van der Waals surface area contributed by atoms with Crippen LogP contribution in [0.2, 0.25) is 0 Å². The van der Waals surface area contributed by atoms with Gasteiger partial charge < -0.3 is 10.1 Å². The zero-order valence-electron chi connectivity index (χ0n) is 12.1. The van der Waals surface area contributed by atoms with Crippen LogP contribution < -0.4 is 10.1 Å². The van der Waals surface area contributed by atoms with Gasteiger partial charge in [-0.3, -0.25) is 10.1 Å². The van der Waals surface area contributed by atoms with Gasteiger partial charge in [-0.1, -0.05) is 30.3 Å². The van der Waals surface area contributed by atoms with Gasteiger partial charge in [-0.2, -0.15) is 0 Å². The maximum atomic E-state index is 11.1. The maximum Gasteiger partial charge on any atom is 0.272 e. The van der Waals surface area contributed by atoms with Gasteiger partial charge in [-0.05, 0) is 31.2 Å². The first-order chi connectivity index (χ1) is 10.2. The van der Waals surface area contributed by atoms with Gasteiger partial charge in [0.25, 0.3) is 5.69 Å². The number of likely N-dealkylation sites (N-methyl/N-ethyl adjacent to an activating group) is 1. The number of rotatable bonds is 6. The largest absolute Gasteiger partial charge is 0.497 e. The van der Waals surface area contributed by atoms with Crippen LogP contribution in [0.1, 0.15) is 17.2 Å². The summed E-state index contributed by atoms with van der Waals surface area (Å²) < 4.78 is 5.23. The van der Waals surface area contributed by atoms with Crippen LogP contribution in [0.4, 0.5) is 5.69 Å². The van der Waals surface area contributed by atoms with Crippen molar-refractivity contribution in [1.29, 1.82) is 0 Å². The number of hydrogen-bond acceptors (Lipinski definition) is 4. The number of ether oxygens (including phenoxy) is 1. The Balaban J connectivity index is 2.29. The number of methoxy groups -OCH3 is 1. The lowest BCUT2D eigenvalue weighted by Gasteiger charge is -2.17. The van der Waals surface area contributed by atoms with E-state index in [2.05, 4.69) is 5.32 Å². The van der Waals surface area contributed by atoms with E-state index in [1.165, 1.54) is 6.07 Å². The number of nitro groups is 1. The molecule has 21 heavy (non-hydrogen) atoms. The van der Waals surface area contributed by atoms with Crippen LogP contribution in [0, 0.1) is 10.1 Å². The molecule has 0 bridgehead atoms. The fraction of sp³-hybridized carbons (Fsp3) is 0.250. The van der Waals surface area contributed by atoms with Crippen LogP contribution in [0.25, 0.3) is 0 Å². The second kappa shape index (κ2) is 6.85. The Morgan fingerprint density at radius 3 is 2.67 bits per heavy atom. The third-order valence-electron chi connectivity index (χ3n) is 3.46. The average Bonchev–Trinajstić information content (AvgIpc) is 2.52. The summed E-state index contributed by atoms with van der Waals surface area (Å²) in [6.07, 6.45) is 0.542. The Morgan fingerprint density at radius 2 is 2.00 bits per heavy atom. The van der Waals surface area contributed by atoms with Crippen LogP contribution in [-0.2, 0) is 6.42 Å². The summed E-state index contributed by atoms with van der Waals surface area (Å²) in [5, 5.41) is 14.3. The predicted molar refractivity (Wildman–Crippen MR) is 81.6 cm³/mol. The fourth-order valence-corrected chi connectivity index (χ4v) is 2.33. The molecule has 2 aromatic rings. The Labute approximate surface area is 123 Å². The summed E-state index contributed by atoms with van der Waals surface area (Å²) in [7, 11) is 3.47. The quantitative estimate of drug-likeness (QED) is 0.654. The molecule has 5 heteroatoms. The molecular formula is C16H18N2O3. The van der Waals surface area contributed by atoms with E-state index in [1.807, 2.05) is 37.4 Å². The molecule has 0 spiro atoms. The summed E-state index contributed by atoms with van der Waals surface area (Å²) in [6.45, 7) is 0. The summed E-state index contributed by atoms with van der Waals surface area (Å²) in [4.78, 5) is 10.8. The lowest BCUT2D eigenvalue weighted by atomic mass is 9.98. The molecule has 0 saturated carbocycles. The third kappa shape index (κ3) is 3.58. The average molecular weight is 286 g/mol. The van der Waals surface area contributed by atoms with E-state index < -0.39 is 0 Å². The predicted octanol–water partition coefficient (Wildman–Crippen LogP) is 3.11. The highest BCUT2D eigenvalue weighted by Crippen LogP contribution is 2.26. The van der Waals surface area contributed by atoms with Gasteiger partial charge in [0, 0.05) is 17.7 Å². The summed E-state index contributed by atoms with van der Waals surface area (Å²) in [5.74, 6) is 0.773. The molecule has 0 aromatic heterocycles. The van der Waals surface area contributed by atoms with Crippen LogP contribution >= 0.6 is 0 Å². The molecular weight excluding hydrogens is 268 g/mol. The van der Waals surface area contributed by atoms with Crippen molar-refractivity contribution in [2.75, 3.05) is 14.2 Å². The van der Waals surface area contributed by atoms with E-state index in [-0.39, 0.29) is 16.7 Å². The molecule has 2 rings (SSSR count). The van der Waals surface area contributed by atoms with Gasteiger partial charge in [0.2, 0.25) is 0 Å². The number of nitrogens with one attached hydrogen (secondary N) is 1. The molecule has 0 radical (unpaired) electrons. The van der Waals surface area contributed by atoms with E-state index >= 15 is 0 Å². The van der Waals surface area contributed by atoms with Crippen LogP contribution in [-0.4, -0.2) is 19.1 Å². The highest BCUT2D eigenvalue weighted by molar-refractivity contribution is 5.41. The molecule has 1 unspecified atom stereocenters. The van der Waals surface area contributed by atoms with Crippen LogP contribution in [0.3, 0.4) is 0 Å². The number of para-hydroxylation sites is 1. The second-order valence-electron chi connectivity index (χ2n) is 4.71. The molecule has 0 aliphatic heterocycles. The zero-order valence-corrected chi connectivity index (χ0v) is 12.1. The molecule has 2 aromatic carbocycles. The van der Waals surface area contributed by atoms with Crippen molar-refractivity contribution >= 4 is 5.69 Å². The van der Waals surface area contributed by atoms with Crippen LogP contribution in [0.15, 0.2) is 48.5 Å². The maximum absolute atomic E-state index is 11.1. The Kier molecular flexibility index (Phi) is 4.90. The van der Waals surface area contributed by atoms with Crippen molar-refractivity contribution in [2.45, 2.75) is 12.5 Å². The molecule has 0 aliphatic rings. The SMILES string of the molecule is CNC(Cc1ccccc1[N+](=O)[O-])c1cccc(OC)c1. The molecule has 0 heterocycles. The van der Waals surface area contributed by atoms with E-state index in [0.717, 1.165) is 11.3 Å². The molecule has 0 saturated heterocycles. The van der Waals surface area contributed by atoms with Crippen molar-refractivity contribution in [3.05, 3.63) is 69.8 Å². The molecule has 0 aliphatic carbocycles. The standard InChI is InChI=1S/C16H18N2O3/c1-17-15(12-7-5-8-14(10-12)21-2)11-13-6-3-4-9-16(13)18(19)20/h3-10,15,17H,11H2,1-2H3. The van der Waals surface area contributed by atoms with Crippen molar-refractivity contribution < 1.29 is 9.66 Å². The van der Waals surface area contributed by atoms with Gasteiger partial charge in [0.05, 0.1) is 12.0 Å². The summed E-state index contributed by atoms with van der Waals surface area (Å²) >= 11 is 0. The first kappa shape index (κ1) is 15.0. The van der Waals surface area contributed by atoms with Crippen molar-refractivity contribution in [3.8, 4) is 5.75 Å². The van der Waals surface area contributed by atoms with E-state index in [4.69, 9.17) is 4.74 Å². The number of benzene rings is 2. The van der Waals surface area contributed by atoms with Gasteiger partial charge >= 0.3 is 0 Å². The second-order valence-corrected chi connectivity index (χ2v) is 4.71. The minimum atomic E-state index is -0.340. The van der Waals surface area contributed by atoms with Crippen molar-refractivity contribution in [3.63, 3.8) is 0 Å². The molecule has 0 fully saturated rings. The van der Waals surface area contributed by atoms with Crippen molar-refractivity contribution in [1.82, 2.24) is 5.32 Å². The summed E-state index contributed by atoms with van der Waals surface area (Å²) in [5.41, 5.74) is 1.90. The van der Waals surface area contributed by atoms with Gasteiger partial charge in [-0.25, -0.2) is 0 Å². The highest BCUT2D eigenvalue weighted by Gasteiger charge is 2.18. The van der Waals surface area contributed by atoms with Gasteiger partial charge in [0.15, 0.2) is 0 Å². The lowest BCUT2D eigenvalue weighted by molar-refractivity contribution is -0.385. The minimum Gasteiger partial charge on any atom is -0.497 e. The normalized spacial score (nSPS) is 11.9. The first-order valence-corrected chi connectivity index (χ1v) is 6.69. The zero-order chi connectivity index (χ0) is 15.2. The van der Waals surface area contributed by atoms with Crippen LogP contribution in [0.5, 0.6) is 5.75 Å². The molecule has 5 nitrogen and oxygen atoms in total. The molecule has 0 amide bonds. The smallest absolute Gasteiger partial charge is 0.272 e. The monoisotopic (exact) mass is 286 g/mol. The Morgan fingerprint density at radius 1 is 1.24 bits per heavy atom. The topological polar surface area (TPSA) is 64.4 Å². The Hall–Kier alpha value is -2.40. The lowest BCUT2D eigenvalue weighted by Crippen LogP contribution is -2.19. The van der Waals surface area contributed by atoms with E-state index in [0.29, 0.717) is 12.0 Å². The van der Waals surface area contributed by atoms with Gasteiger partial charge in [0.1, 0.15) is 5.75 Å². The summed E-state index contributed by atoms with van der Waals surface area (Å²) in [6, 6.07) is 14.5. The number of hydrogen-bond donors (Lipinski definition) is 1. The Bertz CT molecular complexity index is 628. The molecule has 1 atom stereocenters. The van der Waals surface area contributed by atoms with Crippen molar-refractivity contribution in [2.24, 2.45) is 0 Å². The highest BCUT2D eigenvalue weighted by atomic mass is 16.6. The first-order valence-electron chi connectivity index (χ1n) is 6.69. The fourth-order valence-electron chi connectivity index (χ4n) is 2.33. The molecule has 1 N–H and O–H groups in total. The number of nitrogens with zero attached hydrogens (tertiary/aromatic N) is 1. The van der Waals surface area contributed by atoms with E-state index in [1.54, 1.807) is 19.2 Å². The molecule has 110 valence electrons. The number of nitro benzene ring substituents is 1. The minimum absolute atomic E-state index is 0.0128. The van der Waals surface area contributed by atoms with E-state index in [9.17, 15) is 10.1 Å². The van der Waals surface area contributed by atoms with Gasteiger partial charge in [-0.15, -0.1) is 0 Å². The third-order valence-corrected chi connectivity index (χ3v) is 3.46.